The molecule has 0 fully saturated rings. The number of benzene rings is 1. The molecule has 17 heavy (non-hydrogen) atoms. The molecule has 94 valence electrons. The Bertz CT molecular complexity index is 512. The molecule has 0 amide bonds. The zero-order valence-electron chi connectivity index (χ0n) is 9.76. The summed E-state index contributed by atoms with van der Waals surface area (Å²) in [4.78, 5) is 0.241. The van der Waals surface area contributed by atoms with E-state index in [0.717, 1.165) is 0 Å². The Morgan fingerprint density at radius 2 is 2.18 bits per heavy atom. The van der Waals surface area contributed by atoms with Crippen LogP contribution in [0.1, 0.15) is 0 Å². The van der Waals surface area contributed by atoms with Crippen LogP contribution in [0.3, 0.4) is 0 Å². The van der Waals surface area contributed by atoms with Crippen LogP contribution in [0.25, 0.3) is 0 Å². The van der Waals surface area contributed by atoms with Gasteiger partial charge in [0, 0.05) is 18.9 Å². The standard InChI is InChI=1S/C11H15NO4S/c1-12-6-8-7-15-10-4-3-9(17(2,13)14)5-11(10)16-8/h3-5,8,12H,6-7H2,1-2H3/t8-/m1/s1. The second-order valence-corrected chi connectivity index (χ2v) is 6.00. The van der Waals surface area contributed by atoms with Gasteiger partial charge in [0.1, 0.15) is 12.7 Å². The normalized spacial score (nSPS) is 19.1. The monoisotopic (exact) mass is 257 g/mol. The van der Waals surface area contributed by atoms with Crippen molar-refractivity contribution in [2.24, 2.45) is 0 Å². The average molecular weight is 257 g/mol. The highest BCUT2D eigenvalue weighted by Crippen LogP contribution is 2.33. The van der Waals surface area contributed by atoms with E-state index in [2.05, 4.69) is 5.32 Å². The van der Waals surface area contributed by atoms with Gasteiger partial charge >= 0.3 is 0 Å². The Balaban J connectivity index is 2.29. The molecule has 1 aliphatic rings. The average Bonchev–Trinajstić information content (AvgIpc) is 2.27. The predicted octanol–water partition coefficient (Wildman–Crippen LogP) is 0.449. The van der Waals surface area contributed by atoms with Crippen molar-refractivity contribution >= 4 is 9.84 Å². The Morgan fingerprint density at radius 1 is 1.41 bits per heavy atom. The van der Waals surface area contributed by atoms with E-state index >= 15 is 0 Å². The van der Waals surface area contributed by atoms with Gasteiger partial charge in [0.15, 0.2) is 21.3 Å². The van der Waals surface area contributed by atoms with Crippen molar-refractivity contribution in [1.82, 2.24) is 5.32 Å². The Hall–Kier alpha value is -1.27. The number of nitrogens with one attached hydrogen (secondary N) is 1. The van der Waals surface area contributed by atoms with E-state index in [9.17, 15) is 8.42 Å². The van der Waals surface area contributed by atoms with Gasteiger partial charge in [-0.1, -0.05) is 0 Å². The van der Waals surface area contributed by atoms with Crippen molar-refractivity contribution < 1.29 is 17.9 Å². The molecule has 1 aromatic carbocycles. The molecule has 6 heteroatoms. The Labute approximate surface area is 101 Å². The van der Waals surface area contributed by atoms with Crippen molar-refractivity contribution in [2.75, 3.05) is 26.5 Å². The molecule has 0 bridgehead atoms. The third kappa shape index (κ3) is 2.70. The maximum atomic E-state index is 11.4. The predicted molar refractivity (Wildman–Crippen MR) is 63.4 cm³/mol. The van der Waals surface area contributed by atoms with Crippen LogP contribution in [-0.2, 0) is 9.84 Å². The number of hydrogen-bond donors (Lipinski definition) is 1. The minimum atomic E-state index is -3.22. The fraction of sp³-hybridized carbons (Fsp3) is 0.455. The molecule has 1 N–H and O–H groups in total. The molecule has 0 saturated carbocycles. The van der Waals surface area contributed by atoms with E-state index in [1.165, 1.54) is 18.4 Å². The van der Waals surface area contributed by atoms with Gasteiger partial charge in [-0.25, -0.2) is 8.42 Å². The molecule has 5 nitrogen and oxygen atoms in total. The molecule has 0 aliphatic carbocycles. The summed E-state index contributed by atoms with van der Waals surface area (Å²) in [6, 6.07) is 4.66. The fourth-order valence-corrected chi connectivity index (χ4v) is 2.29. The van der Waals surface area contributed by atoms with Crippen molar-refractivity contribution in [1.29, 1.82) is 0 Å². The number of rotatable bonds is 3. The SMILES string of the molecule is CNC[C@@H]1COc2ccc(S(C)(=O)=O)cc2O1. The lowest BCUT2D eigenvalue weighted by Crippen LogP contribution is -2.37. The first kappa shape index (κ1) is 12.2. The minimum Gasteiger partial charge on any atom is -0.486 e. The van der Waals surface area contributed by atoms with Gasteiger partial charge in [0.25, 0.3) is 0 Å². The largest absolute Gasteiger partial charge is 0.486 e. The highest BCUT2D eigenvalue weighted by molar-refractivity contribution is 7.90. The summed E-state index contributed by atoms with van der Waals surface area (Å²) in [6.07, 6.45) is 1.08. The van der Waals surface area contributed by atoms with Gasteiger partial charge in [0.2, 0.25) is 0 Å². The Kier molecular flexibility index (Phi) is 3.26. The van der Waals surface area contributed by atoms with Crippen molar-refractivity contribution in [3.8, 4) is 11.5 Å². The molecule has 1 aromatic rings. The smallest absolute Gasteiger partial charge is 0.175 e. The van der Waals surface area contributed by atoms with Gasteiger partial charge in [-0.2, -0.15) is 0 Å². The highest BCUT2D eigenvalue weighted by atomic mass is 32.2. The molecule has 0 saturated heterocycles. The summed E-state index contributed by atoms with van der Waals surface area (Å²) in [5.74, 6) is 1.07. The first-order valence-corrected chi connectivity index (χ1v) is 7.18. The summed E-state index contributed by atoms with van der Waals surface area (Å²) < 4.78 is 34.0. The lowest BCUT2D eigenvalue weighted by atomic mass is 10.2. The van der Waals surface area contributed by atoms with Gasteiger partial charge in [-0.05, 0) is 19.2 Å². The maximum Gasteiger partial charge on any atom is 0.175 e. The number of ether oxygens (including phenoxy) is 2. The lowest BCUT2D eigenvalue weighted by molar-refractivity contribution is 0.0915. The second kappa shape index (κ2) is 4.54. The van der Waals surface area contributed by atoms with E-state index in [1.54, 1.807) is 6.07 Å². The molecule has 2 rings (SSSR count). The highest BCUT2D eigenvalue weighted by Gasteiger charge is 2.22. The molecule has 1 heterocycles. The van der Waals surface area contributed by atoms with Gasteiger partial charge in [-0.15, -0.1) is 0 Å². The first-order chi connectivity index (χ1) is 8.00. The third-order valence-electron chi connectivity index (χ3n) is 2.49. The third-order valence-corrected chi connectivity index (χ3v) is 3.60. The fourth-order valence-electron chi connectivity index (χ4n) is 1.65. The topological polar surface area (TPSA) is 64.6 Å². The van der Waals surface area contributed by atoms with Crippen LogP contribution in [0.2, 0.25) is 0 Å². The molecule has 0 radical (unpaired) electrons. The molecule has 0 unspecified atom stereocenters. The van der Waals surface area contributed by atoms with E-state index in [0.29, 0.717) is 24.7 Å². The quantitative estimate of drug-likeness (QED) is 0.851. The summed E-state index contributed by atoms with van der Waals surface area (Å²) in [7, 11) is -1.39. The molecule has 1 aliphatic heterocycles. The van der Waals surface area contributed by atoms with E-state index in [1.807, 2.05) is 7.05 Å². The molecule has 0 aromatic heterocycles. The van der Waals surface area contributed by atoms with Crippen molar-refractivity contribution in [3.63, 3.8) is 0 Å². The van der Waals surface area contributed by atoms with Crippen LogP contribution in [0.15, 0.2) is 23.1 Å². The molecular formula is C11H15NO4S. The number of hydrogen-bond acceptors (Lipinski definition) is 5. The Morgan fingerprint density at radius 3 is 2.82 bits per heavy atom. The lowest BCUT2D eigenvalue weighted by Gasteiger charge is -2.26. The van der Waals surface area contributed by atoms with Crippen LogP contribution in [0.5, 0.6) is 11.5 Å². The van der Waals surface area contributed by atoms with Gasteiger partial charge in [-0.3, -0.25) is 0 Å². The van der Waals surface area contributed by atoms with Crippen LogP contribution in [0, 0.1) is 0 Å². The van der Waals surface area contributed by atoms with Gasteiger partial charge in [0.05, 0.1) is 4.90 Å². The van der Waals surface area contributed by atoms with Gasteiger partial charge < -0.3 is 14.8 Å². The van der Waals surface area contributed by atoms with Crippen LogP contribution in [0.4, 0.5) is 0 Å². The summed E-state index contributed by atoms with van der Waals surface area (Å²) in [5.41, 5.74) is 0. The molecule has 1 atom stereocenters. The summed E-state index contributed by atoms with van der Waals surface area (Å²) in [5, 5.41) is 2.99. The number of likely N-dealkylation sites (N-methyl/N-ethyl adjacent to an activating group) is 1. The van der Waals surface area contributed by atoms with Crippen molar-refractivity contribution in [3.05, 3.63) is 18.2 Å². The second-order valence-electron chi connectivity index (χ2n) is 3.99. The van der Waals surface area contributed by atoms with Crippen LogP contribution < -0.4 is 14.8 Å². The van der Waals surface area contributed by atoms with E-state index in [4.69, 9.17) is 9.47 Å². The van der Waals surface area contributed by atoms with E-state index in [-0.39, 0.29) is 11.0 Å². The summed E-state index contributed by atoms with van der Waals surface area (Å²) >= 11 is 0. The zero-order valence-corrected chi connectivity index (χ0v) is 10.6. The molecule has 0 spiro atoms. The minimum absolute atomic E-state index is 0.0951. The summed E-state index contributed by atoms with van der Waals surface area (Å²) in [6.45, 7) is 1.12. The number of sulfone groups is 1. The van der Waals surface area contributed by atoms with Crippen LogP contribution >= 0.6 is 0 Å². The van der Waals surface area contributed by atoms with Crippen LogP contribution in [-0.4, -0.2) is 41.0 Å². The maximum absolute atomic E-state index is 11.4. The van der Waals surface area contributed by atoms with Crippen molar-refractivity contribution in [2.45, 2.75) is 11.0 Å². The zero-order chi connectivity index (χ0) is 12.5. The number of fused-ring (bicyclic) bond motifs is 1. The first-order valence-electron chi connectivity index (χ1n) is 5.29. The molecular weight excluding hydrogens is 242 g/mol. The van der Waals surface area contributed by atoms with E-state index < -0.39 is 9.84 Å².